The van der Waals surface area contributed by atoms with Gasteiger partial charge in [-0.1, -0.05) is 24.3 Å². The summed E-state index contributed by atoms with van der Waals surface area (Å²) < 4.78 is 32.1. The van der Waals surface area contributed by atoms with Crippen LogP contribution >= 0.6 is 0 Å². The van der Waals surface area contributed by atoms with Gasteiger partial charge in [-0.3, -0.25) is 14.1 Å². The molecule has 10 heteroatoms. The number of anilines is 2. The first-order chi connectivity index (χ1) is 18.2. The topological polar surface area (TPSA) is 92.6 Å². The van der Waals surface area contributed by atoms with Crippen LogP contribution in [0.4, 0.5) is 20.5 Å². The van der Waals surface area contributed by atoms with Gasteiger partial charge < -0.3 is 10.6 Å². The lowest BCUT2D eigenvalue weighted by molar-refractivity contribution is -0.141. The lowest BCUT2D eigenvalue weighted by atomic mass is 9.73. The van der Waals surface area contributed by atoms with Gasteiger partial charge in [-0.15, -0.1) is 0 Å². The number of pyridine rings is 1. The number of alkyl halides is 2. The van der Waals surface area contributed by atoms with Crippen molar-refractivity contribution in [1.82, 2.24) is 19.4 Å². The van der Waals surface area contributed by atoms with Gasteiger partial charge in [0.15, 0.2) is 0 Å². The molecule has 194 valence electrons. The van der Waals surface area contributed by atoms with Crippen LogP contribution in [-0.4, -0.2) is 45.4 Å². The molecule has 1 unspecified atom stereocenters. The molecule has 1 aromatic carbocycles. The van der Waals surface area contributed by atoms with Crippen LogP contribution in [0.25, 0.3) is 16.8 Å². The molecular weight excluding hydrogens is 488 g/mol. The smallest absolute Gasteiger partial charge is 0.342 e. The summed E-state index contributed by atoms with van der Waals surface area (Å²) in [5, 5.41) is 0. The van der Waals surface area contributed by atoms with Crippen molar-refractivity contribution in [3.63, 3.8) is 0 Å². The number of aromatic nitrogens is 4. The molecule has 8 nitrogen and oxygen atoms in total. The van der Waals surface area contributed by atoms with Crippen molar-refractivity contribution in [3.8, 4) is 11.1 Å². The lowest BCUT2D eigenvalue weighted by Gasteiger charge is -2.42. The summed E-state index contributed by atoms with van der Waals surface area (Å²) in [5.74, 6) is -4.28. The van der Waals surface area contributed by atoms with E-state index in [-0.39, 0.29) is 22.8 Å². The number of nitrogens with two attached hydrogens (primary N) is 1. The third-order valence-electron chi connectivity index (χ3n) is 8.75. The van der Waals surface area contributed by atoms with Crippen LogP contribution in [0.2, 0.25) is 0 Å². The minimum absolute atomic E-state index is 0.0162. The quantitative estimate of drug-likeness (QED) is 0.434. The van der Waals surface area contributed by atoms with E-state index in [2.05, 4.69) is 39.1 Å². The van der Waals surface area contributed by atoms with Crippen LogP contribution in [0.3, 0.4) is 0 Å². The number of carbonyl (C=O) groups excluding carboxylic acids is 1. The number of hydrogen-bond acceptors (Lipinski definition) is 6. The molecule has 1 aliphatic carbocycles. The Kier molecular flexibility index (Phi) is 4.76. The first-order valence-corrected chi connectivity index (χ1v) is 12.8. The van der Waals surface area contributed by atoms with Crippen molar-refractivity contribution < 1.29 is 13.6 Å². The van der Waals surface area contributed by atoms with Crippen molar-refractivity contribution in [2.75, 3.05) is 29.9 Å². The first-order valence-electron chi connectivity index (χ1n) is 12.8. The largest absolute Gasteiger partial charge is 0.354 e. The Hall–Kier alpha value is -3.92. The van der Waals surface area contributed by atoms with Crippen molar-refractivity contribution in [2.24, 2.45) is 11.1 Å². The molecule has 1 fully saturated rings. The van der Waals surface area contributed by atoms with Crippen LogP contribution in [0.1, 0.15) is 41.3 Å². The van der Waals surface area contributed by atoms with Gasteiger partial charge in [-0.05, 0) is 48.8 Å². The minimum atomic E-state index is -3.68. The van der Waals surface area contributed by atoms with Crippen LogP contribution < -0.4 is 15.5 Å². The van der Waals surface area contributed by atoms with Gasteiger partial charge in [-0.2, -0.15) is 8.78 Å². The van der Waals surface area contributed by atoms with Crippen molar-refractivity contribution in [2.45, 2.75) is 38.2 Å². The first kappa shape index (κ1) is 23.2. The zero-order valence-electron chi connectivity index (χ0n) is 21.2. The number of rotatable bonds is 2. The number of likely N-dealkylation sites (N-methyl/N-ethyl adjacent to an activating group) is 1. The summed E-state index contributed by atoms with van der Waals surface area (Å²) in [7, 11) is 1.32. The third kappa shape index (κ3) is 2.97. The van der Waals surface area contributed by atoms with Gasteiger partial charge in [0.1, 0.15) is 11.5 Å². The van der Waals surface area contributed by atoms with Crippen molar-refractivity contribution in [1.29, 1.82) is 0 Å². The van der Waals surface area contributed by atoms with E-state index in [1.165, 1.54) is 30.4 Å². The Balaban J connectivity index is 1.27. The molecule has 38 heavy (non-hydrogen) atoms. The molecule has 2 aliphatic heterocycles. The molecule has 1 atom stereocenters. The zero-order chi connectivity index (χ0) is 26.4. The average Bonchev–Trinajstić information content (AvgIpc) is 3.55. The second kappa shape index (κ2) is 7.80. The fourth-order valence-electron chi connectivity index (χ4n) is 6.70. The van der Waals surface area contributed by atoms with Gasteiger partial charge >= 0.3 is 11.8 Å². The normalized spacial score (nSPS) is 21.4. The standard InChI is InChI=1S/C28H27F2N7O/c1-16-20(19-7-10-32-24-21(19)28(29,30)25(38)35(24)2)23-33-11-14-37(23)26(34-16)36-12-8-27(9-13-36)15-17-5-3-4-6-18(17)22(27)31/h3-7,10-11,14,22H,8-9,12-13,15,31H2,1-2H3. The number of fused-ring (bicyclic) bond motifs is 3. The third-order valence-corrected chi connectivity index (χ3v) is 8.75. The van der Waals surface area contributed by atoms with Gasteiger partial charge in [0.25, 0.3) is 0 Å². The van der Waals surface area contributed by atoms with E-state index >= 15 is 8.78 Å². The maximum atomic E-state index is 15.1. The molecule has 3 aliphatic rings. The molecule has 1 amide bonds. The van der Waals surface area contributed by atoms with E-state index in [1.54, 1.807) is 19.3 Å². The summed E-state index contributed by atoms with van der Waals surface area (Å²) in [5.41, 5.74) is 10.8. The molecule has 2 N–H and O–H groups in total. The Morgan fingerprint density at radius 2 is 1.84 bits per heavy atom. The van der Waals surface area contributed by atoms with E-state index in [1.807, 2.05) is 4.40 Å². The molecule has 5 heterocycles. The number of piperidine rings is 1. The number of benzene rings is 1. The summed E-state index contributed by atoms with van der Waals surface area (Å²) in [6.45, 7) is 3.36. The number of halogens is 2. The van der Waals surface area contributed by atoms with E-state index in [0.29, 0.717) is 16.9 Å². The minimum Gasteiger partial charge on any atom is -0.342 e. The van der Waals surface area contributed by atoms with Crippen LogP contribution in [-0.2, 0) is 17.1 Å². The molecule has 7 rings (SSSR count). The number of carbonyl (C=O) groups is 1. The number of aryl methyl sites for hydroxylation is 1. The summed E-state index contributed by atoms with van der Waals surface area (Å²) >= 11 is 0. The van der Waals surface area contributed by atoms with Crippen molar-refractivity contribution in [3.05, 3.63) is 71.3 Å². The van der Waals surface area contributed by atoms with Gasteiger partial charge in [0.05, 0.1) is 11.3 Å². The van der Waals surface area contributed by atoms with Crippen molar-refractivity contribution >= 4 is 23.3 Å². The molecular formula is C28H27F2N7O. The molecule has 1 spiro atoms. The van der Waals surface area contributed by atoms with Crippen LogP contribution in [0.5, 0.6) is 0 Å². The lowest BCUT2D eigenvalue weighted by Crippen LogP contribution is -2.45. The predicted octanol–water partition coefficient (Wildman–Crippen LogP) is 4.01. The van der Waals surface area contributed by atoms with E-state index in [9.17, 15) is 4.79 Å². The SMILES string of the molecule is Cc1nc(N2CCC3(CC2)Cc2ccccc2C3N)n2ccnc2c1-c1ccnc2c1C(F)(F)C(=O)N2C. The second-order valence-electron chi connectivity index (χ2n) is 10.7. The Morgan fingerprint density at radius 3 is 2.61 bits per heavy atom. The average molecular weight is 516 g/mol. The number of hydrogen-bond donors (Lipinski definition) is 1. The van der Waals surface area contributed by atoms with Gasteiger partial charge in [0, 0.05) is 55.9 Å². The molecule has 1 saturated heterocycles. The molecule has 0 radical (unpaired) electrons. The monoisotopic (exact) mass is 515 g/mol. The highest BCUT2D eigenvalue weighted by Crippen LogP contribution is 2.51. The Labute approximate surface area is 218 Å². The number of imidazole rings is 1. The molecule has 3 aromatic heterocycles. The van der Waals surface area contributed by atoms with E-state index < -0.39 is 17.4 Å². The number of nitrogens with zero attached hydrogens (tertiary/aromatic N) is 6. The Morgan fingerprint density at radius 1 is 1.08 bits per heavy atom. The van der Waals surface area contributed by atoms with Gasteiger partial charge in [-0.25, -0.2) is 15.0 Å². The Bertz CT molecular complexity index is 1620. The molecule has 0 bridgehead atoms. The molecule has 0 saturated carbocycles. The predicted molar refractivity (Wildman–Crippen MR) is 139 cm³/mol. The highest BCUT2D eigenvalue weighted by Gasteiger charge is 2.54. The zero-order valence-corrected chi connectivity index (χ0v) is 21.2. The van der Waals surface area contributed by atoms with Crippen LogP contribution in [0.15, 0.2) is 48.9 Å². The second-order valence-corrected chi connectivity index (χ2v) is 10.7. The summed E-state index contributed by atoms with van der Waals surface area (Å²) in [6, 6.07) is 9.98. The highest BCUT2D eigenvalue weighted by molar-refractivity contribution is 6.07. The molecule has 4 aromatic rings. The number of amides is 1. The van der Waals surface area contributed by atoms with E-state index in [0.717, 1.165) is 43.2 Å². The summed E-state index contributed by atoms with van der Waals surface area (Å²) in [4.78, 5) is 29.0. The fraction of sp³-hybridized carbons (Fsp3) is 0.357. The maximum absolute atomic E-state index is 15.1. The summed E-state index contributed by atoms with van der Waals surface area (Å²) in [6.07, 6.45) is 7.74. The maximum Gasteiger partial charge on any atom is 0.354 e. The van der Waals surface area contributed by atoms with Gasteiger partial charge in [0.2, 0.25) is 5.95 Å². The highest BCUT2D eigenvalue weighted by atomic mass is 19.3. The van der Waals surface area contributed by atoms with Crippen LogP contribution in [0, 0.1) is 12.3 Å². The van der Waals surface area contributed by atoms with E-state index in [4.69, 9.17) is 10.7 Å². The fourth-order valence-corrected chi connectivity index (χ4v) is 6.70.